The number of hydrogen-bond acceptors (Lipinski definition) is 6. The predicted molar refractivity (Wildman–Crippen MR) is 112 cm³/mol. The molecule has 0 atom stereocenters. The SMILES string of the molecule is CCCOc1c(OCCC)c(OC(=O)CC)c2cc(Cl)ccc2c1OC(=O)CC. The van der Waals surface area contributed by atoms with Crippen molar-refractivity contribution in [2.45, 2.75) is 53.4 Å². The highest BCUT2D eigenvalue weighted by atomic mass is 35.5. The lowest BCUT2D eigenvalue weighted by Gasteiger charge is -2.21. The van der Waals surface area contributed by atoms with Crippen molar-refractivity contribution in [2.24, 2.45) is 0 Å². The summed E-state index contributed by atoms with van der Waals surface area (Å²) in [5, 5.41) is 1.50. The average Bonchev–Trinajstić information content (AvgIpc) is 2.72. The number of halogens is 1. The zero-order valence-electron chi connectivity index (χ0n) is 17.3. The van der Waals surface area contributed by atoms with Gasteiger partial charge < -0.3 is 18.9 Å². The number of carbonyl (C=O) groups is 2. The Morgan fingerprint density at radius 2 is 1.24 bits per heavy atom. The van der Waals surface area contributed by atoms with Crippen LogP contribution in [0.2, 0.25) is 5.02 Å². The first-order chi connectivity index (χ1) is 14.0. The number of rotatable bonds is 10. The Balaban J connectivity index is 2.86. The lowest BCUT2D eigenvalue weighted by Crippen LogP contribution is -2.13. The molecular weight excluding hydrogens is 396 g/mol. The van der Waals surface area contributed by atoms with E-state index in [2.05, 4.69) is 0 Å². The third-order valence-electron chi connectivity index (χ3n) is 4.00. The van der Waals surface area contributed by atoms with Gasteiger partial charge in [0.25, 0.3) is 0 Å². The number of carbonyl (C=O) groups excluding carboxylic acids is 2. The Bertz CT molecular complexity index is 877. The molecule has 0 saturated heterocycles. The van der Waals surface area contributed by atoms with Crippen LogP contribution >= 0.6 is 11.6 Å². The summed E-state index contributed by atoms with van der Waals surface area (Å²) in [6, 6.07) is 5.04. The van der Waals surface area contributed by atoms with Crippen LogP contribution in [0.4, 0.5) is 0 Å². The minimum absolute atomic E-state index is 0.187. The van der Waals surface area contributed by atoms with Crippen LogP contribution in [0.5, 0.6) is 23.0 Å². The first-order valence-corrected chi connectivity index (χ1v) is 10.3. The Labute approximate surface area is 176 Å². The summed E-state index contributed by atoms with van der Waals surface area (Å²) in [4.78, 5) is 24.3. The van der Waals surface area contributed by atoms with E-state index in [0.29, 0.717) is 29.0 Å². The lowest BCUT2D eigenvalue weighted by molar-refractivity contribution is -0.135. The van der Waals surface area contributed by atoms with Crippen LogP contribution in [0.15, 0.2) is 18.2 Å². The minimum atomic E-state index is -0.424. The molecular formula is C22H27ClO6. The molecule has 7 heteroatoms. The van der Waals surface area contributed by atoms with Crippen molar-refractivity contribution in [2.75, 3.05) is 13.2 Å². The molecule has 0 N–H and O–H groups in total. The first kappa shape index (κ1) is 22.8. The molecule has 0 aliphatic carbocycles. The molecule has 158 valence electrons. The summed E-state index contributed by atoms with van der Waals surface area (Å²) in [7, 11) is 0. The largest absolute Gasteiger partial charge is 0.486 e. The van der Waals surface area contributed by atoms with Gasteiger partial charge in [0.2, 0.25) is 11.5 Å². The fourth-order valence-electron chi connectivity index (χ4n) is 2.60. The van der Waals surface area contributed by atoms with Crippen molar-refractivity contribution in [3.05, 3.63) is 23.2 Å². The number of fused-ring (bicyclic) bond motifs is 1. The molecule has 2 aromatic rings. The van der Waals surface area contributed by atoms with E-state index < -0.39 is 11.9 Å². The van der Waals surface area contributed by atoms with Crippen LogP contribution in [0.3, 0.4) is 0 Å². The van der Waals surface area contributed by atoms with Gasteiger partial charge in [-0.1, -0.05) is 39.3 Å². The lowest BCUT2D eigenvalue weighted by atomic mass is 10.1. The molecule has 0 unspecified atom stereocenters. The van der Waals surface area contributed by atoms with Gasteiger partial charge in [0.15, 0.2) is 11.5 Å². The van der Waals surface area contributed by atoms with Gasteiger partial charge in [-0.25, -0.2) is 0 Å². The average molecular weight is 423 g/mol. The third kappa shape index (κ3) is 5.54. The first-order valence-electron chi connectivity index (χ1n) is 9.92. The Hall–Kier alpha value is -2.47. The van der Waals surface area contributed by atoms with Gasteiger partial charge in [-0.2, -0.15) is 0 Å². The van der Waals surface area contributed by atoms with Gasteiger partial charge in [-0.05, 0) is 31.0 Å². The fraction of sp³-hybridized carbons (Fsp3) is 0.455. The Morgan fingerprint density at radius 1 is 0.759 bits per heavy atom. The zero-order chi connectivity index (χ0) is 21.4. The van der Waals surface area contributed by atoms with Gasteiger partial charge in [0.1, 0.15) is 0 Å². The molecule has 29 heavy (non-hydrogen) atoms. The van der Waals surface area contributed by atoms with Crippen molar-refractivity contribution in [3.8, 4) is 23.0 Å². The predicted octanol–water partition coefficient (Wildman–Crippen LogP) is 5.70. The molecule has 0 heterocycles. The number of ether oxygens (including phenoxy) is 4. The molecule has 0 amide bonds. The molecule has 0 aliphatic heterocycles. The second-order valence-electron chi connectivity index (χ2n) is 6.36. The topological polar surface area (TPSA) is 71.1 Å². The molecule has 0 saturated carbocycles. The van der Waals surface area contributed by atoms with E-state index in [4.69, 9.17) is 30.5 Å². The van der Waals surface area contributed by atoms with Gasteiger partial charge >= 0.3 is 11.9 Å². The molecule has 0 radical (unpaired) electrons. The monoisotopic (exact) mass is 422 g/mol. The number of benzene rings is 2. The smallest absolute Gasteiger partial charge is 0.311 e. The summed E-state index contributed by atoms with van der Waals surface area (Å²) in [6.45, 7) is 8.07. The van der Waals surface area contributed by atoms with Crippen molar-refractivity contribution >= 4 is 34.3 Å². The van der Waals surface area contributed by atoms with Crippen LogP contribution in [0.25, 0.3) is 10.8 Å². The highest BCUT2D eigenvalue weighted by Crippen LogP contribution is 2.52. The van der Waals surface area contributed by atoms with Crippen LogP contribution < -0.4 is 18.9 Å². The standard InChI is InChI=1S/C22H27ClO6/c1-5-11-26-21-19(28-17(24)7-3)15-10-9-14(23)13-16(15)20(29-18(25)8-4)22(21)27-12-6-2/h9-10,13H,5-8,11-12H2,1-4H3. The molecule has 6 nitrogen and oxygen atoms in total. The van der Waals surface area contributed by atoms with Crippen molar-refractivity contribution < 1.29 is 28.5 Å². The van der Waals surface area contributed by atoms with E-state index in [1.807, 2.05) is 13.8 Å². The maximum absolute atomic E-state index is 12.1. The van der Waals surface area contributed by atoms with E-state index >= 15 is 0 Å². The van der Waals surface area contributed by atoms with Crippen LogP contribution in [-0.2, 0) is 9.59 Å². The second kappa shape index (κ2) is 10.9. The van der Waals surface area contributed by atoms with E-state index in [9.17, 15) is 9.59 Å². The van der Waals surface area contributed by atoms with E-state index in [1.165, 1.54) is 0 Å². The maximum atomic E-state index is 12.1. The molecule has 0 spiro atoms. The number of hydrogen-bond donors (Lipinski definition) is 0. The summed E-state index contributed by atoms with van der Waals surface area (Å²) in [6.07, 6.45) is 1.84. The Kier molecular flexibility index (Phi) is 8.58. The van der Waals surface area contributed by atoms with Crippen molar-refractivity contribution in [1.29, 1.82) is 0 Å². The second-order valence-corrected chi connectivity index (χ2v) is 6.80. The molecule has 2 rings (SSSR count). The van der Waals surface area contributed by atoms with Crippen LogP contribution in [-0.4, -0.2) is 25.2 Å². The highest BCUT2D eigenvalue weighted by Gasteiger charge is 2.27. The fourth-order valence-corrected chi connectivity index (χ4v) is 2.77. The van der Waals surface area contributed by atoms with Crippen molar-refractivity contribution in [1.82, 2.24) is 0 Å². The van der Waals surface area contributed by atoms with Crippen molar-refractivity contribution in [3.63, 3.8) is 0 Å². The molecule has 0 fully saturated rings. The summed E-state index contributed by atoms with van der Waals surface area (Å²) in [5.74, 6) is 0.0888. The molecule has 2 aromatic carbocycles. The quantitative estimate of drug-likeness (QED) is 0.361. The summed E-state index contributed by atoms with van der Waals surface area (Å²) in [5.41, 5.74) is 0. The van der Waals surface area contributed by atoms with E-state index in [-0.39, 0.29) is 35.8 Å². The van der Waals surface area contributed by atoms with E-state index in [0.717, 1.165) is 12.8 Å². The van der Waals surface area contributed by atoms with Gasteiger partial charge in [0, 0.05) is 28.6 Å². The van der Waals surface area contributed by atoms with Gasteiger partial charge in [0.05, 0.1) is 13.2 Å². The zero-order valence-corrected chi connectivity index (χ0v) is 18.1. The van der Waals surface area contributed by atoms with E-state index in [1.54, 1.807) is 32.0 Å². The van der Waals surface area contributed by atoms with Gasteiger partial charge in [-0.15, -0.1) is 0 Å². The summed E-state index contributed by atoms with van der Waals surface area (Å²) >= 11 is 6.21. The normalized spacial score (nSPS) is 10.7. The van der Waals surface area contributed by atoms with Crippen LogP contribution in [0.1, 0.15) is 53.4 Å². The maximum Gasteiger partial charge on any atom is 0.311 e. The number of esters is 2. The highest BCUT2D eigenvalue weighted by molar-refractivity contribution is 6.31. The Morgan fingerprint density at radius 3 is 1.69 bits per heavy atom. The van der Waals surface area contributed by atoms with Crippen LogP contribution in [0, 0.1) is 0 Å². The van der Waals surface area contributed by atoms with Gasteiger partial charge in [-0.3, -0.25) is 9.59 Å². The molecule has 0 bridgehead atoms. The molecule has 0 aromatic heterocycles. The molecule has 0 aliphatic rings. The minimum Gasteiger partial charge on any atom is -0.486 e. The summed E-state index contributed by atoms with van der Waals surface area (Å²) < 4.78 is 23.1. The third-order valence-corrected chi connectivity index (χ3v) is 4.23.